The molecular formula is C18H24N4O4. The van der Waals surface area contributed by atoms with Gasteiger partial charge in [0.1, 0.15) is 12.3 Å². The Hall–Kier alpha value is -2.90. The molecular weight excluding hydrogens is 336 g/mol. The molecule has 2 N–H and O–H groups in total. The molecule has 0 saturated heterocycles. The highest BCUT2D eigenvalue weighted by Crippen LogP contribution is 2.11. The number of carbonyl (C=O) groups is 2. The molecule has 0 bridgehead atoms. The molecule has 8 nitrogen and oxygen atoms in total. The molecule has 0 fully saturated rings. The lowest BCUT2D eigenvalue weighted by molar-refractivity contribution is -0.137. The quantitative estimate of drug-likeness (QED) is 0.587. The lowest BCUT2D eigenvalue weighted by Crippen LogP contribution is -2.29. The number of carboxylic acids is 1. The maximum Gasteiger partial charge on any atom is 0.303 e. The van der Waals surface area contributed by atoms with Crippen molar-refractivity contribution in [2.75, 3.05) is 13.7 Å². The molecule has 0 unspecified atom stereocenters. The monoisotopic (exact) mass is 360 g/mol. The van der Waals surface area contributed by atoms with Crippen LogP contribution in [0.1, 0.15) is 30.5 Å². The number of nitrogens with one attached hydrogen (secondary N) is 1. The summed E-state index contributed by atoms with van der Waals surface area (Å²) in [6, 6.07) is 7.73. The first-order chi connectivity index (χ1) is 12.6. The number of carbonyl (C=O) groups excluding carboxylic acids is 1. The van der Waals surface area contributed by atoms with E-state index < -0.39 is 5.97 Å². The zero-order chi connectivity index (χ0) is 18.8. The van der Waals surface area contributed by atoms with Crippen LogP contribution in [0.15, 0.2) is 30.5 Å². The second kappa shape index (κ2) is 10.2. The molecule has 0 aliphatic heterocycles. The van der Waals surface area contributed by atoms with Gasteiger partial charge in [-0.1, -0.05) is 17.3 Å². The molecule has 140 valence electrons. The Labute approximate surface area is 152 Å². The molecule has 8 heteroatoms. The number of benzene rings is 1. The first-order valence-corrected chi connectivity index (χ1v) is 8.57. The molecule has 2 aromatic rings. The largest absolute Gasteiger partial charge is 0.497 e. The number of nitrogens with zero attached hydrogens (tertiary/aromatic N) is 3. The third-order valence-corrected chi connectivity index (χ3v) is 3.86. The van der Waals surface area contributed by atoms with Crippen LogP contribution in [0.5, 0.6) is 5.75 Å². The van der Waals surface area contributed by atoms with Crippen molar-refractivity contribution in [1.29, 1.82) is 0 Å². The predicted molar refractivity (Wildman–Crippen MR) is 94.9 cm³/mol. The fourth-order valence-corrected chi connectivity index (χ4v) is 2.45. The minimum atomic E-state index is -0.792. The van der Waals surface area contributed by atoms with Crippen molar-refractivity contribution in [3.63, 3.8) is 0 Å². The molecule has 1 amide bonds. The second-order valence-electron chi connectivity index (χ2n) is 5.96. The number of hydrogen-bond acceptors (Lipinski definition) is 5. The van der Waals surface area contributed by atoms with E-state index in [1.54, 1.807) is 13.3 Å². The van der Waals surface area contributed by atoms with Gasteiger partial charge in [0.25, 0.3) is 0 Å². The van der Waals surface area contributed by atoms with Crippen LogP contribution in [-0.4, -0.2) is 45.6 Å². The first-order valence-electron chi connectivity index (χ1n) is 8.57. The van der Waals surface area contributed by atoms with Gasteiger partial charge in [-0.15, -0.1) is 5.10 Å². The number of rotatable bonds is 11. The Balaban J connectivity index is 1.66. The molecule has 1 heterocycles. The highest BCUT2D eigenvalue weighted by Gasteiger charge is 2.06. The third-order valence-electron chi connectivity index (χ3n) is 3.86. The number of amides is 1. The molecule has 0 aliphatic rings. The van der Waals surface area contributed by atoms with E-state index in [1.807, 2.05) is 24.3 Å². The van der Waals surface area contributed by atoms with E-state index in [4.69, 9.17) is 9.84 Å². The summed E-state index contributed by atoms with van der Waals surface area (Å²) in [6.07, 6.45) is 4.62. The van der Waals surface area contributed by atoms with Crippen LogP contribution in [0.3, 0.4) is 0 Å². The zero-order valence-electron chi connectivity index (χ0n) is 14.9. The molecule has 2 rings (SSSR count). The van der Waals surface area contributed by atoms with Crippen LogP contribution in [0.2, 0.25) is 0 Å². The van der Waals surface area contributed by atoms with Gasteiger partial charge in [0.2, 0.25) is 5.91 Å². The number of aryl methyl sites for hydroxylation is 1. The minimum absolute atomic E-state index is 0.116. The summed E-state index contributed by atoms with van der Waals surface area (Å²) in [5.74, 6) is -0.108. The van der Waals surface area contributed by atoms with Crippen molar-refractivity contribution in [1.82, 2.24) is 20.3 Å². The Morgan fingerprint density at radius 3 is 2.65 bits per heavy atom. The lowest BCUT2D eigenvalue weighted by Gasteiger charge is -2.06. The first kappa shape index (κ1) is 19.4. The minimum Gasteiger partial charge on any atom is -0.497 e. The molecule has 0 atom stereocenters. The van der Waals surface area contributed by atoms with E-state index in [9.17, 15) is 9.59 Å². The predicted octanol–water partition coefficient (Wildman–Crippen LogP) is 1.44. The van der Waals surface area contributed by atoms with Crippen molar-refractivity contribution in [3.05, 3.63) is 41.7 Å². The van der Waals surface area contributed by atoms with Crippen molar-refractivity contribution in [2.45, 2.75) is 38.6 Å². The number of unbranched alkanes of at least 4 members (excludes halogenated alkanes) is 1. The molecule has 1 aromatic carbocycles. The number of ether oxygens (including phenoxy) is 1. The van der Waals surface area contributed by atoms with Gasteiger partial charge in [0.15, 0.2) is 0 Å². The normalized spacial score (nSPS) is 10.5. The van der Waals surface area contributed by atoms with Crippen LogP contribution in [0.25, 0.3) is 0 Å². The number of aromatic nitrogens is 3. The van der Waals surface area contributed by atoms with Gasteiger partial charge in [0.05, 0.1) is 12.8 Å². The van der Waals surface area contributed by atoms with Gasteiger partial charge in [-0.05, 0) is 43.4 Å². The second-order valence-corrected chi connectivity index (χ2v) is 5.96. The fraction of sp³-hybridized carbons (Fsp3) is 0.444. The Kier molecular flexibility index (Phi) is 7.60. The van der Waals surface area contributed by atoms with Crippen LogP contribution in [0, 0.1) is 0 Å². The molecule has 0 radical (unpaired) electrons. The van der Waals surface area contributed by atoms with Crippen LogP contribution in [0.4, 0.5) is 0 Å². The zero-order valence-corrected chi connectivity index (χ0v) is 14.9. The standard InChI is InChI=1S/C18H24N4O4/c1-26-16-8-6-14(7-9-16)10-11-19-17(23)13-22-12-15(20-21-22)4-2-3-5-18(24)25/h6-9,12H,2-5,10-11,13H2,1H3,(H,19,23)(H,24,25). The van der Waals surface area contributed by atoms with E-state index in [2.05, 4.69) is 15.6 Å². The summed E-state index contributed by atoms with van der Waals surface area (Å²) in [5, 5.41) is 19.4. The number of aliphatic carboxylic acids is 1. The average molecular weight is 360 g/mol. The molecule has 0 saturated carbocycles. The Morgan fingerprint density at radius 1 is 1.19 bits per heavy atom. The van der Waals surface area contributed by atoms with E-state index in [0.29, 0.717) is 19.4 Å². The van der Waals surface area contributed by atoms with Gasteiger partial charge in [-0.3, -0.25) is 9.59 Å². The van der Waals surface area contributed by atoms with Crippen LogP contribution < -0.4 is 10.1 Å². The SMILES string of the molecule is COc1ccc(CCNC(=O)Cn2cc(CCCCC(=O)O)nn2)cc1. The fourth-order valence-electron chi connectivity index (χ4n) is 2.45. The van der Waals surface area contributed by atoms with E-state index >= 15 is 0 Å². The molecule has 26 heavy (non-hydrogen) atoms. The van der Waals surface area contributed by atoms with Gasteiger partial charge in [-0.25, -0.2) is 4.68 Å². The number of hydrogen-bond donors (Lipinski definition) is 2. The third kappa shape index (κ3) is 6.92. The van der Waals surface area contributed by atoms with Gasteiger partial charge >= 0.3 is 5.97 Å². The van der Waals surface area contributed by atoms with Crippen LogP contribution >= 0.6 is 0 Å². The molecule has 0 spiro atoms. The summed E-state index contributed by atoms with van der Waals surface area (Å²) in [6.45, 7) is 0.659. The Morgan fingerprint density at radius 2 is 1.96 bits per heavy atom. The summed E-state index contributed by atoms with van der Waals surface area (Å²) >= 11 is 0. The highest BCUT2D eigenvalue weighted by molar-refractivity contribution is 5.75. The summed E-state index contributed by atoms with van der Waals surface area (Å²) in [7, 11) is 1.63. The number of carboxylic acid groups (broad SMARTS) is 1. The number of methoxy groups -OCH3 is 1. The lowest BCUT2D eigenvalue weighted by atomic mass is 10.1. The van der Waals surface area contributed by atoms with Gasteiger partial charge in [-0.2, -0.15) is 0 Å². The maximum absolute atomic E-state index is 12.0. The average Bonchev–Trinajstić information content (AvgIpc) is 3.06. The Bertz CT molecular complexity index is 712. The summed E-state index contributed by atoms with van der Waals surface area (Å²) in [5.41, 5.74) is 1.89. The van der Waals surface area contributed by atoms with Crippen molar-refractivity contribution < 1.29 is 19.4 Å². The maximum atomic E-state index is 12.0. The van der Waals surface area contributed by atoms with E-state index in [1.165, 1.54) is 4.68 Å². The topological polar surface area (TPSA) is 106 Å². The van der Waals surface area contributed by atoms with E-state index in [0.717, 1.165) is 29.8 Å². The van der Waals surface area contributed by atoms with Crippen LogP contribution in [-0.2, 0) is 29.0 Å². The summed E-state index contributed by atoms with van der Waals surface area (Å²) < 4.78 is 6.61. The van der Waals surface area contributed by atoms with Crippen molar-refractivity contribution in [2.24, 2.45) is 0 Å². The molecule has 1 aromatic heterocycles. The van der Waals surface area contributed by atoms with Crippen molar-refractivity contribution in [3.8, 4) is 5.75 Å². The van der Waals surface area contributed by atoms with Gasteiger partial charge < -0.3 is 15.2 Å². The van der Waals surface area contributed by atoms with Gasteiger partial charge in [0, 0.05) is 19.2 Å². The highest BCUT2D eigenvalue weighted by atomic mass is 16.5. The van der Waals surface area contributed by atoms with Crippen molar-refractivity contribution >= 4 is 11.9 Å². The smallest absolute Gasteiger partial charge is 0.303 e. The van der Waals surface area contributed by atoms with E-state index in [-0.39, 0.29) is 18.9 Å². The molecule has 0 aliphatic carbocycles. The summed E-state index contributed by atoms with van der Waals surface area (Å²) in [4.78, 5) is 22.4.